The standard InChI is InChI=1S/C19H29N7O2S.CH2O2/c1-24(12-15-3-2-7-20-11-15)29(27,28)26-10-9-25(13-19(26)5-6-19)18-16-4-8-21-17(16)22-14-23-18;2-1-3/h4,8,14-15,20H,2-3,5-7,9-13H2,1H3,(H,21,22,23);1H,(H,2,3). The minimum absolute atomic E-state index is 0.250. The number of H-pyrrole nitrogens is 1. The molecule has 1 unspecified atom stereocenters. The van der Waals surface area contributed by atoms with E-state index in [-0.39, 0.29) is 12.0 Å². The smallest absolute Gasteiger partial charge is 0.290 e. The lowest BCUT2D eigenvalue weighted by Crippen LogP contribution is -2.60. The van der Waals surface area contributed by atoms with Crippen molar-refractivity contribution in [1.82, 2.24) is 28.9 Å². The zero-order valence-electron chi connectivity index (χ0n) is 18.3. The molecule has 2 aliphatic heterocycles. The first-order chi connectivity index (χ1) is 15.4. The highest BCUT2D eigenvalue weighted by Crippen LogP contribution is 2.47. The van der Waals surface area contributed by atoms with Crippen LogP contribution in [0.4, 0.5) is 5.82 Å². The maximum atomic E-state index is 13.4. The van der Waals surface area contributed by atoms with Crippen molar-refractivity contribution in [1.29, 1.82) is 0 Å². The van der Waals surface area contributed by atoms with Crippen LogP contribution in [-0.4, -0.2) is 95.4 Å². The number of nitrogens with one attached hydrogen (secondary N) is 2. The summed E-state index contributed by atoms with van der Waals surface area (Å²) in [6.07, 6.45) is 7.46. The monoisotopic (exact) mass is 465 g/mol. The first-order valence-corrected chi connectivity index (χ1v) is 12.4. The van der Waals surface area contributed by atoms with Crippen molar-refractivity contribution >= 4 is 33.5 Å². The minimum Gasteiger partial charge on any atom is -0.483 e. The highest BCUT2D eigenvalue weighted by Gasteiger charge is 2.56. The van der Waals surface area contributed by atoms with Crippen molar-refractivity contribution in [2.24, 2.45) is 5.92 Å². The van der Waals surface area contributed by atoms with Gasteiger partial charge in [0.25, 0.3) is 16.7 Å². The molecule has 1 aliphatic carbocycles. The van der Waals surface area contributed by atoms with Crippen LogP contribution in [0.25, 0.3) is 11.0 Å². The van der Waals surface area contributed by atoms with E-state index < -0.39 is 10.2 Å². The predicted octanol–water partition coefficient (Wildman–Crippen LogP) is 0.490. The molecular weight excluding hydrogens is 434 g/mol. The number of fused-ring (bicyclic) bond motifs is 1. The first kappa shape index (κ1) is 22.9. The maximum Gasteiger partial charge on any atom is 0.290 e. The summed E-state index contributed by atoms with van der Waals surface area (Å²) in [6, 6.07) is 1.99. The van der Waals surface area contributed by atoms with Crippen molar-refractivity contribution in [2.45, 2.75) is 31.2 Å². The average Bonchev–Trinajstić information content (AvgIpc) is 3.35. The molecule has 0 amide bonds. The Balaban J connectivity index is 0.000000775. The van der Waals surface area contributed by atoms with Crippen LogP contribution in [-0.2, 0) is 15.0 Å². The van der Waals surface area contributed by atoms with Gasteiger partial charge in [-0.15, -0.1) is 0 Å². The number of carboxylic acid groups (broad SMARTS) is 1. The van der Waals surface area contributed by atoms with Gasteiger partial charge in [0.05, 0.1) is 10.9 Å². The van der Waals surface area contributed by atoms with Crippen LogP contribution in [0.2, 0.25) is 0 Å². The lowest BCUT2D eigenvalue weighted by atomic mass is 10.00. The fraction of sp³-hybridized carbons (Fsp3) is 0.650. The predicted molar refractivity (Wildman–Crippen MR) is 121 cm³/mol. The molecule has 0 bridgehead atoms. The average molecular weight is 466 g/mol. The fourth-order valence-electron chi connectivity index (χ4n) is 4.87. The molecule has 2 aromatic heterocycles. The lowest BCUT2D eigenvalue weighted by Gasteiger charge is -2.43. The van der Waals surface area contributed by atoms with Gasteiger partial charge in [-0.3, -0.25) is 4.79 Å². The molecule has 0 aromatic carbocycles. The molecule has 4 heterocycles. The van der Waals surface area contributed by atoms with Gasteiger partial charge in [0.2, 0.25) is 0 Å². The second-order valence-electron chi connectivity index (χ2n) is 8.76. The van der Waals surface area contributed by atoms with Gasteiger partial charge in [-0.25, -0.2) is 9.97 Å². The van der Waals surface area contributed by atoms with Gasteiger partial charge in [-0.05, 0) is 50.8 Å². The van der Waals surface area contributed by atoms with Crippen molar-refractivity contribution in [2.75, 3.05) is 51.2 Å². The van der Waals surface area contributed by atoms with Gasteiger partial charge < -0.3 is 20.3 Å². The van der Waals surface area contributed by atoms with Crippen LogP contribution >= 0.6 is 0 Å². The topological polar surface area (TPSA) is 135 Å². The van der Waals surface area contributed by atoms with E-state index in [4.69, 9.17) is 9.90 Å². The Labute approximate surface area is 188 Å². The Hall–Kier alpha value is -2.28. The molecule has 3 fully saturated rings. The molecule has 2 saturated heterocycles. The third-order valence-electron chi connectivity index (χ3n) is 6.63. The van der Waals surface area contributed by atoms with Crippen LogP contribution in [0.1, 0.15) is 25.7 Å². The first-order valence-electron chi connectivity index (χ1n) is 11.0. The third kappa shape index (κ3) is 4.45. The summed E-state index contributed by atoms with van der Waals surface area (Å²) in [7, 11) is -1.73. The Morgan fingerprint density at radius 2 is 2.12 bits per heavy atom. The molecule has 32 heavy (non-hydrogen) atoms. The summed E-state index contributed by atoms with van der Waals surface area (Å²) < 4.78 is 30.2. The number of anilines is 1. The number of aromatic amines is 1. The molecule has 5 rings (SSSR count). The number of piperazine rings is 1. The number of hydrogen-bond donors (Lipinski definition) is 3. The number of nitrogens with zero attached hydrogens (tertiary/aromatic N) is 5. The molecule has 3 N–H and O–H groups in total. The number of carbonyl (C=O) groups is 1. The Morgan fingerprint density at radius 1 is 1.34 bits per heavy atom. The fourth-order valence-corrected chi connectivity index (χ4v) is 6.65. The highest BCUT2D eigenvalue weighted by atomic mass is 32.2. The summed E-state index contributed by atoms with van der Waals surface area (Å²) in [4.78, 5) is 22.5. The summed E-state index contributed by atoms with van der Waals surface area (Å²) in [5.41, 5.74) is 0.514. The maximum absolute atomic E-state index is 13.4. The summed E-state index contributed by atoms with van der Waals surface area (Å²) >= 11 is 0. The van der Waals surface area contributed by atoms with Crippen molar-refractivity contribution in [3.63, 3.8) is 0 Å². The van der Waals surface area contributed by atoms with Crippen molar-refractivity contribution < 1.29 is 18.3 Å². The van der Waals surface area contributed by atoms with Crippen LogP contribution in [0.3, 0.4) is 0 Å². The number of rotatable bonds is 5. The number of aromatic nitrogens is 3. The van der Waals surface area contributed by atoms with E-state index in [1.165, 1.54) is 0 Å². The number of hydrogen-bond acceptors (Lipinski definition) is 7. The van der Waals surface area contributed by atoms with Gasteiger partial charge >= 0.3 is 0 Å². The summed E-state index contributed by atoms with van der Waals surface area (Å²) in [6.45, 7) is 4.08. The SMILES string of the molecule is CN(CC1CCCNC1)S(=O)(=O)N1CCN(c2ncnc3[nH]ccc23)CC12CC2.O=CO. The van der Waals surface area contributed by atoms with Gasteiger partial charge in [0.15, 0.2) is 0 Å². The third-order valence-corrected chi connectivity index (χ3v) is 8.70. The molecular formula is C20H31N7O4S. The minimum atomic E-state index is -3.47. The number of piperidine rings is 1. The van der Waals surface area contributed by atoms with Gasteiger partial charge in [-0.2, -0.15) is 17.0 Å². The molecule has 1 saturated carbocycles. The molecule has 2 aromatic rings. The highest BCUT2D eigenvalue weighted by molar-refractivity contribution is 7.86. The summed E-state index contributed by atoms with van der Waals surface area (Å²) in [5, 5.41) is 11.3. The largest absolute Gasteiger partial charge is 0.483 e. The second kappa shape index (κ2) is 9.30. The zero-order chi connectivity index (χ0) is 22.8. The Bertz CT molecular complexity index is 1030. The van der Waals surface area contributed by atoms with E-state index in [2.05, 4.69) is 25.2 Å². The van der Waals surface area contributed by atoms with E-state index in [9.17, 15) is 8.42 Å². The molecule has 3 aliphatic rings. The van der Waals surface area contributed by atoms with Gasteiger partial charge in [-0.1, -0.05) is 0 Å². The van der Waals surface area contributed by atoms with Crippen LogP contribution in [0.5, 0.6) is 0 Å². The molecule has 1 atom stereocenters. The van der Waals surface area contributed by atoms with E-state index in [0.29, 0.717) is 32.1 Å². The van der Waals surface area contributed by atoms with E-state index in [1.807, 2.05) is 12.3 Å². The molecule has 1 spiro atoms. The normalized spacial score (nSPS) is 23.2. The van der Waals surface area contributed by atoms with Gasteiger partial charge in [0.1, 0.15) is 17.8 Å². The van der Waals surface area contributed by atoms with Gasteiger partial charge in [0, 0.05) is 39.4 Å². The van der Waals surface area contributed by atoms with Crippen molar-refractivity contribution in [3.05, 3.63) is 18.6 Å². The van der Waals surface area contributed by atoms with Crippen LogP contribution < -0.4 is 10.2 Å². The molecule has 11 nitrogen and oxygen atoms in total. The van der Waals surface area contributed by atoms with E-state index in [0.717, 1.165) is 55.6 Å². The quantitative estimate of drug-likeness (QED) is 0.543. The van der Waals surface area contributed by atoms with E-state index >= 15 is 0 Å². The summed E-state index contributed by atoms with van der Waals surface area (Å²) in [5.74, 6) is 1.28. The Kier molecular flexibility index (Phi) is 6.65. The zero-order valence-corrected chi connectivity index (χ0v) is 19.1. The van der Waals surface area contributed by atoms with Crippen LogP contribution in [0, 0.1) is 5.92 Å². The van der Waals surface area contributed by atoms with E-state index in [1.54, 1.807) is 22.0 Å². The second-order valence-corrected chi connectivity index (χ2v) is 10.7. The van der Waals surface area contributed by atoms with Crippen molar-refractivity contribution in [3.8, 4) is 0 Å². The van der Waals surface area contributed by atoms with Crippen LogP contribution in [0.15, 0.2) is 18.6 Å². The lowest BCUT2D eigenvalue weighted by molar-refractivity contribution is -0.122. The molecule has 176 valence electrons. The Morgan fingerprint density at radius 3 is 2.81 bits per heavy atom. The molecule has 12 heteroatoms. The molecule has 0 radical (unpaired) electrons.